The lowest BCUT2D eigenvalue weighted by Gasteiger charge is -2.10. The summed E-state index contributed by atoms with van der Waals surface area (Å²) in [5, 5.41) is 9.68. The molecule has 0 atom stereocenters. The topological polar surface area (TPSA) is 30.4 Å². The fraction of sp³-hybridized carbons (Fsp3) is 0.0217. The van der Waals surface area contributed by atoms with Crippen molar-refractivity contribution >= 4 is 77.3 Å². The van der Waals surface area contributed by atoms with Crippen molar-refractivity contribution in [3.63, 3.8) is 0 Å². The monoisotopic (exact) mass is 626 g/mol. The maximum Gasteiger partial charge on any atom is 0.136 e. The molecule has 0 radical (unpaired) electrons. The maximum absolute atomic E-state index is 6.39. The first kappa shape index (κ1) is 27.6. The van der Waals surface area contributed by atoms with Crippen LogP contribution in [0.5, 0.6) is 0 Å². The molecule has 0 saturated heterocycles. The van der Waals surface area contributed by atoms with E-state index in [2.05, 4.69) is 168 Å². The number of hydrogen-bond acceptors (Lipinski definition) is 2. The van der Waals surface area contributed by atoms with Crippen LogP contribution in [-0.2, 0) is 6.42 Å². The summed E-state index contributed by atoms with van der Waals surface area (Å²) in [7, 11) is 0. The SMILES string of the molecule is C(=Nc1ccccc1Cc1ccc2c(c1)oc1cc3ccccc3cc12)n1c2ccccc2c2c3ccccc3c(-c3ccccc3)cc21. The van der Waals surface area contributed by atoms with E-state index in [-0.39, 0.29) is 0 Å². The minimum Gasteiger partial charge on any atom is -0.456 e. The Balaban J connectivity index is 1.08. The number of benzene rings is 8. The van der Waals surface area contributed by atoms with Crippen molar-refractivity contribution in [1.82, 2.24) is 4.57 Å². The molecule has 0 saturated carbocycles. The molecule has 8 aromatic carbocycles. The molecule has 0 aliphatic carbocycles. The summed E-state index contributed by atoms with van der Waals surface area (Å²) in [6.45, 7) is 0. The molecule has 3 nitrogen and oxygen atoms in total. The van der Waals surface area contributed by atoms with Gasteiger partial charge in [0.2, 0.25) is 0 Å². The van der Waals surface area contributed by atoms with E-state index in [1.165, 1.54) is 49.0 Å². The highest BCUT2D eigenvalue weighted by molar-refractivity contribution is 6.25. The number of aromatic nitrogens is 1. The highest BCUT2D eigenvalue weighted by atomic mass is 16.3. The van der Waals surface area contributed by atoms with Gasteiger partial charge in [-0.2, -0.15) is 0 Å². The number of nitrogens with zero attached hydrogens (tertiary/aromatic N) is 2. The van der Waals surface area contributed by atoms with Gasteiger partial charge in [-0.05, 0) is 86.6 Å². The minimum atomic E-state index is 0.748. The number of para-hydroxylation sites is 2. The molecule has 49 heavy (non-hydrogen) atoms. The fourth-order valence-electron chi connectivity index (χ4n) is 7.58. The third-order valence-electron chi connectivity index (χ3n) is 9.90. The van der Waals surface area contributed by atoms with E-state index in [1.807, 2.05) is 6.34 Å². The van der Waals surface area contributed by atoms with Crippen LogP contribution in [0.15, 0.2) is 173 Å². The second-order valence-electron chi connectivity index (χ2n) is 12.8. The number of fused-ring (bicyclic) bond motifs is 9. The predicted octanol–water partition coefficient (Wildman–Crippen LogP) is 12.5. The molecule has 2 heterocycles. The second-order valence-corrected chi connectivity index (χ2v) is 12.8. The smallest absolute Gasteiger partial charge is 0.136 e. The standard InChI is InChI=1S/C46H30N2O/c1-2-12-31(13-3-1)39-28-43-46(37-18-8-7-17-35(37)39)38-19-9-11-21-42(38)48(43)29-47-41-20-10-6-16-34(41)24-30-22-23-36-40-26-32-14-4-5-15-33(32)27-45(40)49-44(36)25-30/h1-23,25-29H,24H2. The van der Waals surface area contributed by atoms with Crippen molar-refractivity contribution in [2.24, 2.45) is 4.99 Å². The van der Waals surface area contributed by atoms with Gasteiger partial charge in [-0.1, -0.05) is 127 Å². The molecule has 0 N–H and O–H groups in total. The molecule has 0 spiro atoms. The summed E-state index contributed by atoms with van der Waals surface area (Å²) >= 11 is 0. The Morgan fingerprint density at radius 2 is 1.20 bits per heavy atom. The molecule has 10 aromatic rings. The quantitative estimate of drug-likeness (QED) is 0.138. The largest absolute Gasteiger partial charge is 0.456 e. The average molecular weight is 627 g/mol. The van der Waals surface area contributed by atoms with E-state index in [1.54, 1.807) is 0 Å². The summed E-state index contributed by atoms with van der Waals surface area (Å²) in [6, 6.07) is 58.3. The van der Waals surface area contributed by atoms with Gasteiger partial charge in [0, 0.05) is 21.5 Å². The van der Waals surface area contributed by atoms with Crippen LogP contribution >= 0.6 is 0 Å². The van der Waals surface area contributed by atoms with E-state index >= 15 is 0 Å². The fourth-order valence-corrected chi connectivity index (χ4v) is 7.58. The van der Waals surface area contributed by atoms with Gasteiger partial charge in [0.25, 0.3) is 0 Å². The van der Waals surface area contributed by atoms with Gasteiger partial charge in [-0.25, -0.2) is 4.99 Å². The van der Waals surface area contributed by atoms with Crippen LogP contribution in [0.1, 0.15) is 11.1 Å². The summed E-state index contributed by atoms with van der Waals surface area (Å²) in [4.78, 5) is 5.17. The van der Waals surface area contributed by atoms with Gasteiger partial charge in [-0.15, -0.1) is 0 Å². The van der Waals surface area contributed by atoms with Crippen molar-refractivity contribution in [3.05, 3.63) is 175 Å². The van der Waals surface area contributed by atoms with E-state index in [0.29, 0.717) is 0 Å². The lowest BCUT2D eigenvalue weighted by molar-refractivity contribution is 0.669. The zero-order valence-corrected chi connectivity index (χ0v) is 26.7. The maximum atomic E-state index is 6.39. The Bertz CT molecular complexity index is 2910. The molecule has 0 aliphatic heterocycles. The molecule has 0 aliphatic rings. The van der Waals surface area contributed by atoms with Crippen LogP contribution in [0.4, 0.5) is 5.69 Å². The molecular formula is C46H30N2O. The average Bonchev–Trinajstić information content (AvgIpc) is 3.67. The number of rotatable bonds is 5. The van der Waals surface area contributed by atoms with Crippen LogP contribution in [0, 0.1) is 0 Å². The highest BCUT2D eigenvalue weighted by Gasteiger charge is 2.16. The van der Waals surface area contributed by atoms with Crippen molar-refractivity contribution in [2.75, 3.05) is 0 Å². The zero-order valence-electron chi connectivity index (χ0n) is 26.7. The van der Waals surface area contributed by atoms with Crippen LogP contribution in [0.2, 0.25) is 0 Å². The zero-order chi connectivity index (χ0) is 32.3. The highest BCUT2D eigenvalue weighted by Crippen LogP contribution is 2.40. The second kappa shape index (κ2) is 11.1. The molecule has 0 fully saturated rings. The van der Waals surface area contributed by atoms with Gasteiger partial charge < -0.3 is 4.42 Å². The normalized spacial score (nSPS) is 12.1. The van der Waals surface area contributed by atoms with Crippen molar-refractivity contribution in [3.8, 4) is 11.1 Å². The van der Waals surface area contributed by atoms with Gasteiger partial charge in [0.05, 0.1) is 16.7 Å². The number of hydrogen-bond donors (Lipinski definition) is 0. The van der Waals surface area contributed by atoms with E-state index in [4.69, 9.17) is 9.41 Å². The third kappa shape index (κ3) is 4.55. The van der Waals surface area contributed by atoms with Gasteiger partial charge in [-0.3, -0.25) is 4.57 Å². The minimum absolute atomic E-state index is 0.748. The first-order valence-electron chi connectivity index (χ1n) is 16.7. The Morgan fingerprint density at radius 3 is 2.08 bits per heavy atom. The Kier molecular flexibility index (Phi) is 6.25. The van der Waals surface area contributed by atoms with Gasteiger partial charge in [0.15, 0.2) is 0 Å². The predicted molar refractivity (Wildman–Crippen MR) is 206 cm³/mol. The van der Waals surface area contributed by atoms with Crippen molar-refractivity contribution < 1.29 is 4.42 Å². The van der Waals surface area contributed by atoms with Crippen LogP contribution < -0.4 is 0 Å². The molecule has 10 rings (SSSR count). The Morgan fingerprint density at radius 1 is 0.510 bits per heavy atom. The van der Waals surface area contributed by atoms with Crippen LogP contribution in [-0.4, -0.2) is 10.9 Å². The Hall–Kier alpha value is -6.45. The number of furan rings is 1. The van der Waals surface area contributed by atoms with Crippen LogP contribution in [0.25, 0.3) is 76.4 Å². The summed E-state index contributed by atoms with van der Waals surface area (Å²) in [5.41, 5.74) is 9.84. The lowest BCUT2D eigenvalue weighted by atomic mass is 9.95. The third-order valence-corrected chi connectivity index (χ3v) is 9.90. The van der Waals surface area contributed by atoms with Gasteiger partial charge in [0.1, 0.15) is 17.5 Å². The van der Waals surface area contributed by atoms with E-state index < -0.39 is 0 Å². The van der Waals surface area contributed by atoms with Crippen LogP contribution in [0.3, 0.4) is 0 Å². The first-order chi connectivity index (χ1) is 24.3. The number of aliphatic imine (C=N–C) groups is 1. The molecule has 0 amide bonds. The lowest BCUT2D eigenvalue weighted by Crippen LogP contribution is -1.96. The Labute approximate surface area is 283 Å². The van der Waals surface area contributed by atoms with Gasteiger partial charge >= 0.3 is 0 Å². The summed E-state index contributed by atoms with van der Waals surface area (Å²) in [6.07, 6.45) is 2.75. The summed E-state index contributed by atoms with van der Waals surface area (Å²) < 4.78 is 8.64. The van der Waals surface area contributed by atoms with Crippen molar-refractivity contribution in [2.45, 2.75) is 6.42 Å². The summed E-state index contributed by atoms with van der Waals surface area (Å²) in [5.74, 6) is 0. The molecule has 3 heteroatoms. The van der Waals surface area contributed by atoms with Crippen molar-refractivity contribution in [1.29, 1.82) is 0 Å². The molecule has 0 bridgehead atoms. The molecule has 230 valence electrons. The molecule has 0 unspecified atom stereocenters. The molecule has 2 aromatic heterocycles. The van der Waals surface area contributed by atoms with E-state index in [9.17, 15) is 0 Å². The first-order valence-corrected chi connectivity index (χ1v) is 16.7. The van der Waals surface area contributed by atoms with E-state index in [0.717, 1.165) is 50.6 Å². The molecular weight excluding hydrogens is 597 g/mol.